The van der Waals surface area contributed by atoms with Gasteiger partial charge in [-0.1, -0.05) is 36.5 Å². The van der Waals surface area contributed by atoms with Gasteiger partial charge in [0.05, 0.1) is 17.2 Å². The lowest BCUT2D eigenvalue weighted by Gasteiger charge is -2.07. The van der Waals surface area contributed by atoms with Gasteiger partial charge in [-0.2, -0.15) is 0 Å². The molecule has 1 rings (SSSR count). The van der Waals surface area contributed by atoms with Crippen molar-refractivity contribution in [2.75, 3.05) is 19.8 Å². The van der Waals surface area contributed by atoms with E-state index in [1.807, 2.05) is 0 Å². The first-order valence-electron chi connectivity index (χ1n) is 5.71. The van der Waals surface area contributed by atoms with E-state index in [-0.39, 0.29) is 22.3 Å². The summed E-state index contributed by atoms with van der Waals surface area (Å²) in [5.74, 6) is -0.525. The van der Waals surface area contributed by atoms with Crippen molar-refractivity contribution in [1.82, 2.24) is 4.98 Å². The van der Waals surface area contributed by atoms with Crippen LogP contribution in [0.15, 0.2) is 12.3 Å². The second kappa shape index (κ2) is 8.29. The molecule has 0 N–H and O–H groups in total. The number of hydrogen-bond donors (Lipinski definition) is 0. The van der Waals surface area contributed by atoms with Crippen molar-refractivity contribution in [3.8, 4) is 0 Å². The number of aromatic nitrogens is 1. The highest BCUT2D eigenvalue weighted by molar-refractivity contribution is 6.34. The van der Waals surface area contributed by atoms with E-state index in [1.165, 1.54) is 12.3 Å². The molecule has 1 aromatic heterocycles. The maximum Gasteiger partial charge on any atom is 0.339 e. The zero-order valence-corrected chi connectivity index (χ0v) is 11.6. The second-order valence-corrected chi connectivity index (χ2v) is 4.38. The Morgan fingerprint density at radius 3 is 2.83 bits per heavy atom. The van der Waals surface area contributed by atoms with Crippen LogP contribution in [0.25, 0.3) is 0 Å². The van der Waals surface area contributed by atoms with Gasteiger partial charge >= 0.3 is 5.97 Å². The van der Waals surface area contributed by atoms with Crippen LogP contribution >= 0.6 is 23.2 Å². The summed E-state index contributed by atoms with van der Waals surface area (Å²) in [5.41, 5.74) is 0.213. The van der Waals surface area contributed by atoms with Gasteiger partial charge in [0, 0.05) is 12.8 Å². The number of esters is 1. The molecular weight excluding hydrogens is 277 g/mol. The summed E-state index contributed by atoms with van der Waals surface area (Å²) in [6, 6.07) is 1.38. The number of carbonyl (C=O) groups is 1. The SMILES string of the molecule is CCCCOCCOC(=O)c1cc(Cl)ncc1Cl. The number of unbranched alkanes of at least 4 members (excludes halogenated alkanes) is 1. The summed E-state index contributed by atoms with van der Waals surface area (Å²) in [4.78, 5) is 15.4. The zero-order chi connectivity index (χ0) is 13.4. The molecular formula is C12H15Cl2NO3. The van der Waals surface area contributed by atoms with Gasteiger partial charge in [-0.15, -0.1) is 0 Å². The Bertz CT molecular complexity index is 399. The molecule has 4 nitrogen and oxygen atoms in total. The third kappa shape index (κ3) is 5.21. The average molecular weight is 292 g/mol. The van der Waals surface area contributed by atoms with E-state index in [2.05, 4.69) is 11.9 Å². The molecule has 0 aliphatic heterocycles. The lowest BCUT2D eigenvalue weighted by molar-refractivity contribution is 0.0314. The Morgan fingerprint density at radius 2 is 2.11 bits per heavy atom. The molecule has 100 valence electrons. The van der Waals surface area contributed by atoms with Crippen molar-refractivity contribution < 1.29 is 14.3 Å². The van der Waals surface area contributed by atoms with Crippen LogP contribution in [0, 0.1) is 0 Å². The van der Waals surface area contributed by atoms with Crippen LogP contribution in [0.1, 0.15) is 30.1 Å². The van der Waals surface area contributed by atoms with Crippen molar-refractivity contribution in [2.45, 2.75) is 19.8 Å². The Labute approximate surface area is 116 Å². The highest BCUT2D eigenvalue weighted by Crippen LogP contribution is 2.18. The van der Waals surface area contributed by atoms with Gasteiger partial charge in [0.2, 0.25) is 0 Å². The lowest BCUT2D eigenvalue weighted by Crippen LogP contribution is -2.12. The second-order valence-electron chi connectivity index (χ2n) is 3.59. The van der Waals surface area contributed by atoms with Gasteiger partial charge in [-0.25, -0.2) is 9.78 Å². The molecule has 0 spiro atoms. The van der Waals surface area contributed by atoms with Crippen molar-refractivity contribution in [3.05, 3.63) is 28.0 Å². The summed E-state index contributed by atoms with van der Waals surface area (Å²) >= 11 is 11.5. The van der Waals surface area contributed by atoms with Gasteiger partial charge in [0.1, 0.15) is 11.8 Å². The van der Waals surface area contributed by atoms with Gasteiger partial charge in [0.15, 0.2) is 0 Å². The molecule has 18 heavy (non-hydrogen) atoms. The van der Waals surface area contributed by atoms with E-state index in [4.69, 9.17) is 32.7 Å². The first kappa shape index (κ1) is 15.2. The number of carbonyl (C=O) groups excluding carboxylic acids is 1. The van der Waals surface area contributed by atoms with Gasteiger partial charge in [0.25, 0.3) is 0 Å². The first-order chi connectivity index (χ1) is 8.65. The predicted molar refractivity (Wildman–Crippen MR) is 70.3 cm³/mol. The molecule has 0 amide bonds. The number of rotatable bonds is 7. The van der Waals surface area contributed by atoms with Crippen molar-refractivity contribution in [2.24, 2.45) is 0 Å². The van der Waals surface area contributed by atoms with Crippen LogP contribution in [0.2, 0.25) is 10.2 Å². The fourth-order valence-electron chi connectivity index (χ4n) is 1.19. The quantitative estimate of drug-likeness (QED) is 0.439. The van der Waals surface area contributed by atoms with Crippen molar-refractivity contribution >= 4 is 29.2 Å². The Balaban J connectivity index is 2.34. The minimum Gasteiger partial charge on any atom is -0.460 e. The molecule has 1 aromatic rings. The van der Waals surface area contributed by atoms with E-state index in [0.29, 0.717) is 13.2 Å². The summed E-state index contributed by atoms with van der Waals surface area (Å²) in [6.45, 7) is 3.33. The van der Waals surface area contributed by atoms with Crippen LogP contribution < -0.4 is 0 Å². The molecule has 0 aliphatic rings. The minimum absolute atomic E-state index is 0.193. The van der Waals surface area contributed by atoms with Gasteiger partial charge in [-0.3, -0.25) is 0 Å². The summed E-state index contributed by atoms with van der Waals surface area (Å²) < 4.78 is 10.3. The Kier molecular flexibility index (Phi) is 7.01. The molecule has 0 radical (unpaired) electrons. The molecule has 0 aliphatic carbocycles. The van der Waals surface area contributed by atoms with E-state index in [0.717, 1.165) is 12.8 Å². The molecule has 0 atom stereocenters. The Morgan fingerprint density at radius 1 is 1.33 bits per heavy atom. The van der Waals surface area contributed by atoms with Crippen LogP contribution in [0.5, 0.6) is 0 Å². The largest absolute Gasteiger partial charge is 0.460 e. The lowest BCUT2D eigenvalue weighted by atomic mass is 10.3. The number of nitrogens with zero attached hydrogens (tertiary/aromatic N) is 1. The topological polar surface area (TPSA) is 48.4 Å². The third-order valence-corrected chi connectivity index (χ3v) is 2.65. The molecule has 1 heterocycles. The smallest absolute Gasteiger partial charge is 0.339 e. The van der Waals surface area contributed by atoms with Crippen molar-refractivity contribution in [1.29, 1.82) is 0 Å². The first-order valence-corrected chi connectivity index (χ1v) is 6.46. The highest BCUT2D eigenvalue weighted by atomic mass is 35.5. The molecule has 6 heteroatoms. The minimum atomic E-state index is -0.525. The molecule has 0 saturated heterocycles. The van der Waals surface area contributed by atoms with Crippen LogP contribution in [0.4, 0.5) is 0 Å². The number of ether oxygens (including phenoxy) is 2. The monoisotopic (exact) mass is 291 g/mol. The van der Waals surface area contributed by atoms with E-state index < -0.39 is 5.97 Å². The van der Waals surface area contributed by atoms with Gasteiger partial charge in [-0.05, 0) is 12.5 Å². The maximum absolute atomic E-state index is 11.7. The van der Waals surface area contributed by atoms with E-state index in [1.54, 1.807) is 0 Å². The number of pyridine rings is 1. The summed E-state index contributed by atoms with van der Waals surface area (Å²) in [5, 5.41) is 0.418. The predicted octanol–water partition coefficient (Wildman–Crippen LogP) is 3.36. The van der Waals surface area contributed by atoms with E-state index >= 15 is 0 Å². The van der Waals surface area contributed by atoms with Gasteiger partial charge < -0.3 is 9.47 Å². The standard InChI is InChI=1S/C12H15Cl2NO3/c1-2-3-4-17-5-6-18-12(16)9-7-11(14)15-8-10(9)13/h7-8H,2-6H2,1H3. The molecule has 0 bridgehead atoms. The maximum atomic E-state index is 11.7. The normalized spacial score (nSPS) is 10.4. The number of hydrogen-bond acceptors (Lipinski definition) is 4. The molecule has 0 aromatic carbocycles. The van der Waals surface area contributed by atoms with Crippen molar-refractivity contribution in [3.63, 3.8) is 0 Å². The fraction of sp³-hybridized carbons (Fsp3) is 0.500. The molecule has 0 unspecified atom stereocenters. The molecule has 0 saturated carbocycles. The average Bonchev–Trinajstić information content (AvgIpc) is 2.36. The van der Waals surface area contributed by atoms with Crippen LogP contribution in [0.3, 0.4) is 0 Å². The zero-order valence-electron chi connectivity index (χ0n) is 10.1. The summed E-state index contributed by atoms with van der Waals surface area (Å²) in [7, 11) is 0. The summed E-state index contributed by atoms with van der Waals surface area (Å²) in [6.07, 6.45) is 3.39. The Hall–Kier alpha value is -0.840. The van der Waals surface area contributed by atoms with Crippen LogP contribution in [-0.2, 0) is 9.47 Å². The number of halogens is 2. The van der Waals surface area contributed by atoms with Crippen LogP contribution in [-0.4, -0.2) is 30.8 Å². The molecule has 0 fully saturated rings. The van der Waals surface area contributed by atoms with E-state index in [9.17, 15) is 4.79 Å². The third-order valence-electron chi connectivity index (χ3n) is 2.14. The highest BCUT2D eigenvalue weighted by Gasteiger charge is 2.12. The fourth-order valence-corrected chi connectivity index (χ4v) is 1.53.